The number of amides is 2. The Morgan fingerprint density at radius 3 is 2.71 bits per heavy atom. The zero-order valence-corrected chi connectivity index (χ0v) is 32.0. The van der Waals surface area contributed by atoms with Gasteiger partial charge in [-0.15, -0.1) is 4.36 Å². The highest BCUT2D eigenvalue weighted by Crippen LogP contribution is 2.52. The molecule has 6 aliphatic rings. The van der Waals surface area contributed by atoms with E-state index in [1.165, 1.54) is 11.1 Å². The van der Waals surface area contributed by atoms with Gasteiger partial charge in [0.15, 0.2) is 0 Å². The highest BCUT2D eigenvalue weighted by atomic mass is 35.5. The number of hydrogen-bond acceptors (Lipinski definition) is 7. The van der Waals surface area contributed by atoms with Gasteiger partial charge in [0.05, 0.1) is 24.2 Å². The van der Waals surface area contributed by atoms with Crippen LogP contribution in [0.25, 0.3) is 0 Å². The maximum atomic E-state index is 14.6. The molecule has 3 aliphatic heterocycles. The van der Waals surface area contributed by atoms with Crippen molar-refractivity contribution in [1.82, 2.24) is 4.72 Å². The molecule has 52 heavy (non-hydrogen) atoms. The predicted octanol–water partition coefficient (Wildman–Crippen LogP) is 7.30. The van der Waals surface area contributed by atoms with Gasteiger partial charge in [-0.2, -0.15) is 0 Å². The third-order valence-electron chi connectivity index (χ3n) is 13.1. The summed E-state index contributed by atoms with van der Waals surface area (Å²) in [5.74, 6) is 0.382. The van der Waals surface area contributed by atoms with E-state index < -0.39 is 15.8 Å². The topological polar surface area (TPSA) is 107 Å². The van der Waals surface area contributed by atoms with Crippen molar-refractivity contribution >= 4 is 39.0 Å². The van der Waals surface area contributed by atoms with Crippen LogP contribution >= 0.6 is 11.6 Å². The molecule has 3 fully saturated rings. The van der Waals surface area contributed by atoms with Crippen molar-refractivity contribution in [2.75, 3.05) is 50.7 Å². The summed E-state index contributed by atoms with van der Waals surface area (Å²) < 4.78 is 40.1. The van der Waals surface area contributed by atoms with E-state index in [4.69, 9.17) is 25.8 Å². The van der Waals surface area contributed by atoms with Gasteiger partial charge in [0.2, 0.25) is 5.91 Å². The van der Waals surface area contributed by atoms with E-state index in [0.717, 1.165) is 101 Å². The minimum absolute atomic E-state index is 0.0363. The summed E-state index contributed by atoms with van der Waals surface area (Å²) >= 11 is 6.47. The number of ether oxygens (including phenoxy) is 3. The van der Waals surface area contributed by atoms with Crippen LogP contribution in [0.2, 0.25) is 5.02 Å². The number of carbonyl (C=O) groups is 2. The maximum absolute atomic E-state index is 14.6. The first-order valence-electron chi connectivity index (χ1n) is 19.3. The van der Waals surface area contributed by atoms with E-state index >= 15 is 0 Å². The fraction of sp³-hybridized carbons (Fsp3) is 0.610. The largest absolute Gasteiger partial charge is 0.490 e. The lowest BCUT2D eigenvalue weighted by atomic mass is 9.58. The quantitative estimate of drug-likeness (QED) is 0.329. The third-order valence-corrected chi connectivity index (χ3v) is 15.3. The van der Waals surface area contributed by atoms with E-state index in [-0.39, 0.29) is 40.4 Å². The van der Waals surface area contributed by atoms with Crippen molar-refractivity contribution in [2.45, 2.75) is 82.7 Å². The Bertz CT molecular complexity index is 1860. The number of carbonyl (C=O) groups excluding carboxylic acids is 2. The van der Waals surface area contributed by atoms with Crippen molar-refractivity contribution < 1.29 is 28.0 Å². The second-order valence-electron chi connectivity index (χ2n) is 16.6. The number of rotatable bonds is 3. The Hall–Kier alpha value is -2.92. The lowest BCUT2D eigenvalue weighted by molar-refractivity contribution is -0.135. The normalized spacial score (nSPS) is 33.7. The van der Waals surface area contributed by atoms with Crippen molar-refractivity contribution in [1.29, 1.82) is 0 Å². The average molecular weight is 750 g/mol. The Balaban J connectivity index is 1.15. The van der Waals surface area contributed by atoms with Crippen LogP contribution in [-0.2, 0) is 36.0 Å². The van der Waals surface area contributed by atoms with Crippen LogP contribution in [-0.4, -0.2) is 67.9 Å². The molecule has 0 radical (unpaired) electrons. The van der Waals surface area contributed by atoms with Crippen molar-refractivity contribution in [2.24, 2.45) is 33.4 Å². The minimum atomic E-state index is -3.43. The van der Waals surface area contributed by atoms with E-state index in [1.54, 1.807) is 13.2 Å². The first-order chi connectivity index (χ1) is 25.1. The molecule has 1 N–H and O–H groups in total. The molecule has 0 aromatic heterocycles. The summed E-state index contributed by atoms with van der Waals surface area (Å²) in [4.78, 5) is 30.1. The number of hydrogen-bond donors (Lipinski definition) is 1. The maximum Gasteiger partial charge on any atom is 0.286 e. The van der Waals surface area contributed by atoms with Crippen molar-refractivity contribution in [3.05, 3.63) is 70.3 Å². The SMILES string of the molecule is CO[C@H]1/C=C/C[C@H](C)CS(=O)(NC(=O)C2CC3(CCOCC3)C2)=NC(=O)c2ccc3c(c2)N(C[C@@H]2CC[C@H]21)C[C@@]1(CCCc2cc(Cl)ccc21)CO3. The number of allylic oxidation sites excluding steroid dienone is 1. The Morgan fingerprint density at radius 2 is 1.94 bits per heavy atom. The van der Waals surface area contributed by atoms with E-state index in [1.807, 2.05) is 25.1 Å². The molecule has 2 aromatic rings. The van der Waals surface area contributed by atoms with E-state index in [9.17, 15) is 13.8 Å². The summed E-state index contributed by atoms with van der Waals surface area (Å²) in [7, 11) is -1.64. The molecule has 8 rings (SSSR count). The number of nitrogens with one attached hydrogen (secondary N) is 1. The highest BCUT2D eigenvalue weighted by Gasteiger charge is 2.48. The van der Waals surface area contributed by atoms with Crippen LogP contribution in [0.5, 0.6) is 5.75 Å². The van der Waals surface area contributed by atoms with Gasteiger partial charge in [0.25, 0.3) is 5.91 Å². The number of anilines is 1. The van der Waals surface area contributed by atoms with Gasteiger partial charge in [-0.1, -0.05) is 36.7 Å². The molecule has 9 nitrogen and oxygen atoms in total. The predicted molar refractivity (Wildman–Crippen MR) is 203 cm³/mol. The number of methoxy groups -OCH3 is 1. The van der Waals surface area contributed by atoms with Gasteiger partial charge in [-0.25, -0.2) is 4.21 Å². The Kier molecular flexibility index (Phi) is 9.98. The second-order valence-corrected chi connectivity index (χ2v) is 19.1. The van der Waals surface area contributed by atoms with Crippen LogP contribution in [0.15, 0.2) is 52.9 Å². The summed E-state index contributed by atoms with van der Waals surface area (Å²) in [5.41, 5.74) is 3.64. The zero-order chi connectivity index (χ0) is 36.1. The van der Waals surface area contributed by atoms with Crippen LogP contribution in [0, 0.1) is 29.1 Å². The molecule has 1 saturated heterocycles. The molecule has 3 heterocycles. The van der Waals surface area contributed by atoms with E-state index in [0.29, 0.717) is 30.4 Å². The van der Waals surface area contributed by atoms with Crippen molar-refractivity contribution in [3.63, 3.8) is 0 Å². The summed E-state index contributed by atoms with van der Waals surface area (Å²) in [6.45, 7) is 5.49. The monoisotopic (exact) mass is 749 g/mol. The average Bonchev–Trinajstić information content (AvgIpc) is 3.24. The molecule has 280 valence electrons. The standard InChI is InChI=1S/C41H52ClN3O6S/c1-27-5-3-7-36(49-2)33-11-8-30(33)23-45-25-41(14-4-6-28-19-32(42)10-12-34(28)41)26-51-37-13-9-29(20-35(37)45)38(46)43-52(48,24-27)44-39(47)31-21-40(22-31)15-17-50-18-16-40/h3,7,9-10,12-13,19-20,27,30-31,33,36H,4-6,8,11,14-18,21-26H2,1-2H3,(H,43,44,46,47,48)/b7-3+/t27-,30-,33+,36-,41-,52?/m0/s1. The molecule has 2 saturated carbocycles. The number of nitrogens with zero attached hydrogens (tertiary/aromatic N) is 2. The van der Waals surface area contributed by atoms with Gasteiger partial charge in [0, 0.05) is 55.3 Å². The molecule has 2 aromatic carbocycles. The molecule has 2 bridgehead atoms. The van der Waals surface area contributed by atoms with Gasteiger partial charge >= 0.3 is 0 Å². The van der Waals surface area contributed by atoms with Crippen LogP contribution in [0.4, 0.5) is 5.69 Å². The first-order valence-corrected chi connectivity index (χ1v) is 21.3. The fourth-order valence-corrected chi connectivity index (χ4v) is 12.2. The summed E-state index contributed by atoms with van der Waals surface area (Å²) in [5, 5.41) is 0.750. The van der Waals surface area contributed by atoms with Gasteiger partial charge in [-0.05, 0) is 129 Å². The number of aryl methyl sites for hydroxylation is 1. The molecule has 6 atom stereocenters. The molecular weight excluding hydrogens is 698 g/mol. The Labute approximate surface area is 313 Å². The van der Waals surface area contributed by atoms with Crippen LogP contribution in [0.3, 0.4) is 0 Å². The molecule has 1 unspecified atom stereocenters. The first kappa shape index (κ1) is 36.1. The Morgan fingerprint density at radius 1 is 1.12 bits per heavy atom. The lowest BCUT2D eigenvalue weighted by Crippen LogP contribution is -2.49. The summed E-state index contributed by atoms with van der Waals surface area (Å²) in [6, 6.07) is 11.7. The zero-order valence-electron chi connectivity index (χ0n) is 30.4. The van der Waals surface area contributed by atoms with Crippen LogP contribution < -0.4 is 14.4 Å². The fourth-order valence-electron chi connectivity index (χ4n) is 9.99. The number of halogens is 1. The molecule has 2 amide bonds. The molecule has 2 spiro atoms. The minimum Gasteiger partial charge on any atom is -0.490 e. The van der Waals surface area contributed by atoms with Crippen molar-refractivity contribution in [3.8, 4) is 5.75 Å². The second kappa shape index (κ2) is 14.4. The van der Waals surface area contributed by atoms with Gasteiger partial charge < -0.3 is 19.1 Å². The smallest absolute Gasteiger partial charge is 0.286 e. The van der Waals surface area contributed by atoms with Gasteiger partial charge in [0.1, 0.15) is 15.7 Å². The number of benzene rings is 2. The lowest BCUT2D eigenvalue weighted by Gasteiger charge is -2.49. The molecule has 11 heteroatoms. The van der Waals surface area contributed by atoms with Gasteiger partial charge in [-0.3, -0.25) is 14.3 Å². The highest BCUT2D eigenvalue weighted by molar-refractivity contribution is 7.92. The van der Waals surface area contributed by atoms with E-state index in [2.05, 4.69) is 38.3 Å². The molecule has 3 aliphatic carbocycles. The molecular formula is C41H52ClN3O6S. The third kappa shape index (κ3) is 7.05. The number of fused-ring (bicyclic) bond motifs is 4. The summed E-state index contributed by atoms with van der Waals surface area (Å²) in [6.07, 6.45) is 13.5. The van der Waals surface area contributed by atoms with Crippen LogP contribution in [0.1, 0.15) is 86.2 Å².